The molecular formula is C11H22N2O. The zero-order chi connectivity index (χ0) is 10.6. The van der Waals surface area contributed by atoms with Crippen LogP contribution in [0.5, 0.6) is 0 Å². The molecule has 0 aliphatic heterocycles. The Morgan fingerprint density at radius 3 is 2.50 bits per heavy atom. The molecule has 0 aromatic carbocycles. The highest BCUT2D eigenvalue weighted by molar-refractivity contribution is 5.76. The van der Waals surface area contributed by atoms with Gasteiger partial charge in [-0.3, -0.25) is 4.79 Å². The first-order chi connectivity index (χ1) is 6.59. The summed E-state index contributed by atoms with van der Waals surface area (Å²) in [6.07, 6.45) is 2.94. The molecule has 1 aliphatic rings. The van der Waals surface area contributed by atoms with Crippen molar-refractivity contribution in [3.63, 3.8) is 0 Å². The number of hydrogen-bond acceptors (Lipinski definition) is 2. The zero-order valence-corrected chi connectivity index (χ0v) is 9.47. The molecule has 1 amide bonds. The summed E-state index contributed by atoms with van der Waals surface area (Å²) in [7, 11) is 0. The Labute approximate surface area is 86.6 Å². The van der Waals surface area contributed by atoms with Gasteiger partial charge in [-0.05, 0) is 25.7 Å². The quantitative estimate of drug-likeness (QED) is 0.675. The average Bonchev–Trinajstić information content (AvgIpc) is 2.87. The Bertz CT molecular complexity index is 188. The van der Waals surface area contributed by atoms with Gasteiger partial charge in [-0.1, -0.05) is 13.8 Å². The van der Waals surface area contributed by atoms with Crippen molar-refractivity contribution >= 4 is 5.91 Å². The molecule has 1 fully saturated rings. The van der Waals surface area contributed by atoms with Gasteiger partial charge in [0.15, 0.2) is 0 Å². The highest BCUT2D eigenvalue weighted by atomic mass is 16.1. The van der Waals surface area contributed by atoms with Crippen LogP contribution in [0.4, 0.5) is 0 Å². The summed E-state index contributed by atoms with van der Waals surface area (Å²) < 4.78 is 0. The molecule has 2 N–H and O–H groups in total. The number of nitrogens with one attached hydrogen (secondary N) is 2. The van der Waals surface area contributed by atoms with Crippen molar-refractivity contribution < 1.29 is 4.79 Å². The SMILES string of the molecule is CC(C)C(C)NCCC(=O)NC1CC1. The van der Waals surface area contributed by atoms with Crippen LogP contribution in [0.3, 0.4) is 0 Å². The summed E-state index contributed by atoms with van der Waals surface area (Å²) in [5.74, 6) is 0.817. The zero-order valence-electron chi connectivity index (χ0n) is 9.47. The van der Waals surface area contributed by atoms with Crippen molar-refractivity contribution in [1.29, 1.82) is 0 Å². The second-order valence-corrected chi connectivity index (χ2v) is 4.58. The molecule has 1 unspecified atom stereocenters. The third-order valence-electron chi connectivity index (χ3n) is 2.76. The lowest BCUT2D eigenvalue weighted by Gasteiger charge is -2.16. The fourth-order valence-corrected chi connectivity index (χ4v) is 1.18. The topological polar surface area (TPSA) is 41.1 Å². The van der Waals surface area contributed by atoms with E-state index in [1.54, 1.807) is 0 Å². The van der Waals surface area contributed by atoms with Crippen LogP contribution in [0.25, 0.3) is 0 Å². The molecule has 0 radical (unpaired) electrons. The molecule has 0 spiro atoms. The van der Waals surface area contributed by atoms with Gasteiger partial charge in [0, 0.05) is 25.0 Å². The minimum absolute atomic E-state index is 0.191. The number of rotatable bonds is 6. The molecule has 14 heavy (non-hydrogen) atoms. The van der Waals surface area contributed by atoms with Crippen LogP contribution in [0.15, 0.2) is 0 Å². The molecule has 0 aromatic heterocycles. The average molecular weight is 198 g/mol. The highest BCUT2D eigenvalue weighted by Gasteiger charge is 2.22. The molecule has 1 aliphatic carbocycles. The van der Waals surface area contributed by atoms with Crippen molar-refractivity contribution in [3.8, 4) is 0 Å². The molecule has 1 rings (SSSR count). The fourth-order valence-electron chi connectivity index (χ4n) is 1.18. The predicted molar refractivity (Wildman–Crippen MR) is 58.1 cm³/mol. The molecule has 82 valence electrons. The van der Waals surface area contributed by atoms with E-state index in [9.17, 15) is 4.79 Å². The van der Waals surface area contributed by atoms with E-state index >= 15 is 0 Å². The first-order valence-corrected chi connectivity index (χ1v) is 5.62. The van der Waals surface area contributed by atoms with Gasteiger partial charge in [-0.25, -0.2) is 0 Å². The number of carbonyl (C=O) groups is 1. The van der Waals surface area contributed by atoms with E-state index in [4.69, 9.17) is 0 Å². The maximum atomic E-state index is 11.3. The highest BCUT2D eigenvalue weighted by Crippen LogP contribution is 2.18. The molecule has 3 nitrogen and oxygen atoms in total. The minimum Gasteiger partial charge on any atom is -0.353 e. The number of carbonyl (C=O) groups excluding carboxylic acids is 1. The van der Waals surface area contributed by atoms with Crippen molar-refractivity contribution in [2.45, 2.75) is 52.1 Å². The first kappa shape index (κ1) is 11.5. The van der Waals surface area contributed by atoms with Crippen LogP contribution in [-0.2, 0) is 4.79 Å². The van der Waals surface area contributed by atoms with Crippen LogP contribution in [0.2, 0.25) is 0 Å². The summed E-state index contributed by atoms with van der Waals surface area (Å²) in [6.45, 7) is 7.31. The van der Waals surface area contributed by atoms with Crippen LogP contribution in [0, 0.1) is 5.92 Å². The Kier molecular flexibility index (Phi) is 4.39. The largest absolute Gasteiger partial charge is 0.353 e. The van der Waals surface area contributed by atoms with E-state index in [1.807, 2.05) is 0 Å². The van der Waals surface area contributed by atoms with E-state index in [0.717, 1.165) is 6.54 Å². The molecule has 3 heteroatoms. The fraction of sp³-hybridized carbons (Fsp3) is 0.909. The number of hydrogen-bond donors (Lipinski definition) is 2. The summed E-state index contributed by atoms with van der Waals surface area (Å²) in [4.78, 5) is 11.3. The lowest BCUT2D eigenvalue weighted by Crippen LogP contribution is -2.35. The van der Waals surface area contributed by atoms with Gasteiger partial charge in [-0.2, -0.15) is 0 Å². The van der Waals surface area contributed by atoms with E-state index in [-0.39, 0.29) is 5.91 Å². The molecule has 0 saturated heterocycles. The summed E-state index contributed by atoms with van der Waals surface area (Å²) >= 11 is 0. The summed E-state index contributed by atoms with van der Waals surface area (Å²) in [6, 6.07) is 0.980. The summed E-state index contributed by atoms with van der Waals surface area (Å²) in [5.41, 5.74) is 0. The van der Waals surface area contributed by atoms with Gasteiger partial charge in [0.2, 0.25) is 5.91 Å². The van der Waals surface area contributed by atoms with Gasteiger partial charge >= 0.3 is 0 Å². The normalized spacial score (nSPS) is 18.3. The van der Waals surface area contributed by atoms with Gasteiger partial charge in [0.05, 0.1) is 0 Å². The Morgan fingerprint density at radius 1 is 1.36 bits per heavy atom. The van der Waals surface area contributed by atoms with Crippen LogP contribution in [0.1, 0.15) is 40.0 Å². The monoisotopic (exact) mass is 198 g/mol. The molecule has 1 saturated carbocycles. The third-order valence-corrected chi connectivity index (χ3v) is 2.76. The predicted octanol–water partition coefficient (Wildman–Crippen LogP) is 1.29. The number of amides is 1. The Morgan fingerprint density at radius 2 is 2.00 bits per heavy atom. The van der Waals surface area contributed by atoms with Crippen molar-refractivity contribution in [2.75, 3.05) is 6.54 Å². The first-order valence-electron chi connectivity index (χ1n) is 5.62. The summed E-state index contributed by atoms with van der Waals surface area (Å²) in [5, 5.41) is 6.32. The van der Waals surface area contributed by atoms with Gasteiger partial charge in [-0.15, -0.1) is 0 Å². The minimum atomic E-state index is 0.191. The molecular weight excluding hydrogens is 176 g/mol. The van der Waals surface area contributed by atoms with Crippen LogP contribution < -0.4 is 10.6 Å². The standard InChI is InChI=1S/C11H22N2O/c1-8(2)9(3)12-7-6-11(14)13-10-4-5-10/h8-10,12H,4-7H2,1-3H3,(H,13,14). The van der Waals surface area contributed by atoms with E-state index < -0.39 is 0 Å². The van der Waals surface area contributed by atoms with E-state index in [2.05, 4.69) is 31.4 Å². The Balaban J connectivity index is 1.99. The van der Waals surface area contributed by atoms with Crippen molar-refractivity contribution in [3.05, 3.63) is 0 Å². The van der Waals surface area contributed by atoms with Gasteiger partial charge in [0.1, 0.15) is 0 Å². The lowest BCUT2D eigenvalue weighted by atomic mass is 10.1. The smallest absolute Gasteiger partial charge is 0.221 e. The Hall–Kier alpha value is -0.570. The second-order valence-electron chi connectivity index (χ2n) is 4.58. The van der Waals surface area contributed by atoms with Gasteiger partial charge in [0.25, 0.3) is 0 Å². The van der Waals surface area contributed by atoms with Crippen molar-refractivity contribution in [1.82, 2.24) is 10.6 Å². The van der Waals surface area contributed by atoms with Crippen LogP contribution in [-0.4, -0.2) is 24.5 Å². The van der Waals surface area contributed by atoms with Gasteiger partial charge < -0.3 is 10.6 Å². The lowest BCUT2D eigenvalue weighted by molar-refractivity contribution is -0.121. The van der Waals surface area contributed by atoms with Crippen LogP contribution >= 0.6 is 0 Å². The second kappa shape index (κ2) is 5.35. The van der Waals surface area contributed by atoms with E-state index in [1.165, 1.54) is 12.8 Å². The molecule has 0 heterocycles. The molecule has 1 atom stereocenters. The third kappa shape index (κ3) is 4.61. The molecule has 0 aromatic rings. The maximum Gasteiger partial charge on any atom is 0.221 e. The van der Waals surface area contributed by atoms with Crippen molar-refractivity contribution in [2.24, 2.45) is 5.92 Å². The maximum absolute atomic E-state index is 11.3. The molecule has 0 bridgehead atoms. The van der Waals surface area contributed by atoms with E-state index in [0.29, 0.717) is 24.4 Å².